The van der Waals surface area contributed by atoms with Crippen LogP contribution in [0.15, 0.2) is 142 Å². The van der Waals surface area contributed by atoms with E-state index < -0.39 is 52.5 Å². The van der Waals surface area contributed by atoms with Crippen LogP contribution in [0.2, 0.25) is 0 Å². The first-order valence-corrected chi connectivity index (χ1v) is 22.4. The van der Waals surface area contributed by atoms with Gasteiger partial charge in [0.25, 0.3) is 0 Å². The number of hydrogen-bond acceptors (Lipinski definition) is 9. The summed E-state index contributed by atoms with van der Waals surface area (Å²) in [6, 6.07) is 17.6. The van der Waals surface area contributed by atoms with Gasteiger partial charge in [-0.05, 0) is 78.0 Å². The molecule has 3 atom stereocenters. The van der Waals surface area contributed by atoms with E-state index in [9.17, 15) is 34.5 Å². The molecule has 10 aliphatic rings. The Hall–Kier alpha value is -8.17. The first-order valence-electron chi connectivity index (χ1n) is 22.4. The van der Waals surface area contributed by atoms with Crippen molar-refractivity contribution >= 4 is 74.8 Å². The molecule has 1 fully saturated rings. The molecular formula is C53H46N5O10+. The van der Waals surface area contributed by atoms with E-state index in [0.717, 1.165) is 16.5 Å². The number of nitrogens with zero attached hydrogens (tertiary/aromatic N) is 3. The van der Waals surface area contributed by atoms with Crippen LogP contribution in [0, 0.1) is 0 Å². The average molecular weight is 913 g/mol. The van der Waals surface area contributed by atoms with Gasteiger partial charge in [-0.1, -0.05) is 73.8 Å². The molecular weight excluding hydrogens is 867 g/mol. The predicted octanol–water partition coefficient (Wildman–Crippen LogP) is 6.82. The Bertz CT molecular complexity index is 3350. The predicted molar refractivity (Wildman–Crippen MR) is 254 cm³/mol. The highest BCUT2D eigenvalue weighted by molar-refractivity contribution is 6.21. The Labute approximate surface area is 389 Å². The summed E-state index contributed by atoms with van der Waals surface area (Å²) in [6.07, 6.45) is 4.07. The van der Waals surface area contributed by atoms with Gasteiger partial charge in [0, 0.05) is 60.8 Å². The molecule has 6 aliphatic heterocycles. The zero-order valence-corrected chi connectivity index (χ0v) is 37.3. The van der Waals surface area contributed by atoms with E-state index in [1.165, 1.54) is 6.92 Å². The number of rotatable bonds is 10. The monoisotopic (exact) mass is 912 g/mol. The molecule has 4 aliphatic carbocycles. The summed E-state index contributed by atoms with van der Waals surface area (Å²) >= 11 is 0. The third-order valence-electron chi connectivity index (χ3n) is 14.4. The van der Waals surface area contributed by atoms with Gasteiger partial charge in [-0.2, -0.15) is 4.79 Å². The van der Waals surface area contributed by atoms with E-state index in [4.69, 9.17) is 9.15 Å². The van der Waals surface area contributed by atoms with Gasteiger partial charge in [0.1, 0.15) is 33.8 Å². The fraction of sp³-hybridized carbons (Fsp3) is 0.226. The van der Waals surface area contributed by atoms with Gasteiger partial charge >= 0.3 is 24.1 Å². The molecule has 0 spiro atoms. The molecule has 5 N–H and O–H groups in total. The van der Waals surface area contributed by atoms with Gasteiger partial charge in [-0.25, -0.2) is 14.4 Å². The summed E-state index contributed by atoms with van der Waals surface area (Å²) < 4.78 is 10.5. The van der Waals surface area contributed by atoms with Gasteiger partial charge < -0.3 is 44.9 Å². The van der Waals surface area contributed by atoms with Gasteiger partial charge in [0.15, 0.2) is 18.0 Å². The van der Waals surface area contributed by atoms with Crippen LogP contribution in [0.5, 0.6) is 0 Å². The summed E-state index contributed by atoms with van der Waals surface area (Å²) in [5.74, 6) is -3.12. The molecule has 15 nitrogen and oxygen atoms in total. The maximum atomic E-state index is 15.3. The fourth-order valence-corrected chi connectivity index (χ4v) is 11.4. The Morgan fingerprint density at radius 3 is 2.13 bits per heavy atom. The molecule has 0 saturated carbocycles. The van der Waals surface area contributed by atoms with Crippen molar-refractivity contribution in [1.82, 2.24) is 15.1 Å². The summed E-state index contributed by atoms with van der Waals surface area (Å²) in [7, 11) is 0. The SMILES string of the molecule is C=C1CC2=CC=C1C(C(=O)O)=C1C(C[C@](C)(NC(=O)OCc3cc4ccccc4o3)C(=O)NC(C)c3ccccc3)=c3c(c4c(c5c3=C(C(=O)O)C3=CC=C5CC3=C)N3CCN4CC3)[N@@+]21C(=O)O. The Balaban J connectivity index is 1.22. The second-order valence-electron chi connectivity index (χ2n) is 18.4. The first-order chi connectivity index (χ1) is 32.6. The number of aliphatic carboxylic acids is 2. The maximum absolute atomic E-state index is 15.3. The first kappa shape index (κ1) is 42.5. The number of allylic oxidation sites excluding steroid dienone is 8. The lowest BCUT2D eigenvalue weighted by Crippen LogP contribution is -2.58. The van der Waals surface area contributed by atoms with Crippen LogP contribution in [0.25, 0.3) is 27.7 Å². The van der Waals surface area contributed by atoms with Crippen molar-refractivity contribution in [3.8, 4) is 0 Å². The molecule has 0 radical (unpaired) electrons. The number of furan rings is 1. The van der Waals surface area contributed by atoms with Gasteiger partial charge in [-0.3, -0.25) is 4.79 Å². The number of carbonyl (C=O) groups excluding carboxylic acids is 2. The van der Waals surface area contributed by atoms with E-state index in [-0.39, 0.29) is 62.8 Å². The molecule has 7 heterocycles. The van der Waals surface area contributed by atoms with Crippen LogP contribution in [-0.2, 0) is 25.7 Å². The molecule has 342 valence electrons. The van der Waals surface area contributed by atoms with Crippen LogP contribution in [0.3, 0.4) is 0 Å². The number of anilines is 2. The molecule has 1 aromatic heterocycles. The topological polar surface area (TPSA) is 199 Å². The number of nitrogens with one attached hydrogen (secondary N) is 2. The standard InChI is InChI=1S/C53H45N5O10/c1-27-22-32-14-16-35(27)41(48(59)60)43-39(32)44-45(57-20-18-56(44)19-21-57)47-40(43)37(46-42(49(61)62)36-17-15-33(23-28(36)2)58(46,47)52(65)66)25-53(4,50(63)54-29(3)30-10-6-5-7-11-30)55-51(64)67-26-34-24-31-12-8-9-13-38(31)68-34/h5-17,24,29H,1-2,18-23,25-26H2,3-4H3,(H4-,54,55,59,60,61,62,63,64,65,66)/p+1/t29?,53-,58+/m0/s1. The highest BCUT2D eigenvalue weighted by Crippen LogP contribution is 2.59. The average Bonchev–Trinajstić information content (AvgIpc) is 3.67. The molecule has 4 aromatic rings. The number of carboxylic acids is 2. The summed E-state index contributed by atoms with van der Waals surface area (Å²) in [5, 5.41) is 42.1. The molecule has 68 heavy (non-hydrogen) atoms. The van der Waals surface area contributed by atoms with Crippen LogP contribution in [0.4, 0.5) is 26.7 Å². The Morgan fingerprint density at radius 1 is 0.824 bits per heavy atom. The minimum absolute atomic E-state index is 0.0258. The maximum Gasteiger partial charge on any atom is 0.529 e. The fourth-order valence-electron chi connectivity index (χ4n) is 11.4. The molecule has 1 unspecified atom stereocenters. The summed E-state index contributed by atoms with van der Waals surface area (Å²) in [5.41, 5.74) is 3.08. The molecule has 15 heteroatoms. The van der Waals surface area contributed by atoms with Crippen molar-refractivity contribution in [3.63, 3.8) is 0 Å². The normalized spacial score (nSPS) is 20.8. The van der Waals surface area contributed by atoms with E-state index in [0.29, 0.717) is 77.6 Å². The highest BCUT2D eigenvalue weighted by Gasteiger charge is 2.63. The van der Waals surface area contributed by atoms with Crippen molar-refractivity contribution in [3.05, 3.63) is 165 Å². The zero-order valence-electron chi connectivity index (χ0n) is 37.3. The second-order valence-corrected chi connectivity index (χ2v) is 18.4. The largest absolute Gasteiger partial charge is 0.529 e. The van der Waals surface area contributed by atoms with Crippen LogP contribution in [-0.4, -0.2) is 77.1 Å². The number of carbonyl (C=O) groups is 5. The van der Waals surface area contributed by atoms with Crippen molar-refractivity contribution in [2.24, 2.45) is 0 Å². The number of quaternary nitrogens is 1. The minimum atomic E-state index is -2.04. The van der Waals surface area contributed by atoms with Crippen molar-refractivity contribution in [2.45, 2.75) is 51.3 Å². The van der Waals surface area contributed by atoms with Crippen molar-refractivity contribution in [1.29, 1.82) is 0 Å². The number of para-hydroxylation sites is 1. The number of ether oxygens (including phenoxy) is 1. The van der Waals surface area contributed by atoms with E-state index in [1.807, 2.05) is 54.6 Å². The minimum Gasteiger partial charge on any atom is -0.478 e. The molecule has 3 amide bonds. The smallest absolute Gasteiger partial charge is 0.478 e. The van der Waals surface area contributed by atoms with Gasteiger partial charge in [-0.15, -0.1) is 4.48 Å². The number of piperazine rings is 1. The number of alkyl carbamates (subject to hydrolysis) is 1. The van der Waals surface area contributed by atoms with E-state index in [1.54, 1.807) is 37.3 Å². The number of amides is 3. The van der Waals surface area contributed by atoms with Crippen LogP contribution >= 0.6 is 0 Å². The lowest BCUT2D eigenvalue weighted by atomic mass is 9.84. The molecule has 6 bridgehead atoms. The highest BCUT2D eigenvalue weighted by atomic mass is 16.6. The second kappa shape index (κ2) is 15.2. The lowest BCUT2D eigenvalue weighted by molar-refractivity contribution is -0.132. The quantitative estimate of drug-likeness (QED) is 0.104. The molecule has 3 aromatic carbocycles. The Kier molecular flexibility index (Phi) is 9.48. The summed E-state index contributed by atoms with van der Waals surface area (Å²) in [6.45, 7) is 13.7. The van der Waals surface area contributed by atoms with E-state index >= 15 is 4.79 Å². The lowest BCUT2D eigenvalue weighted by Gasteiger charge is -2.48. The van der Waals surface area contributed by atoms with Crippen LogP contribution in [0.1, 0.15) is 56.0 Å². The number of carboxylic acid groups (broad SMARTS) is 3. The third-order valence-corrected chi connectivity index (χ3v) is 14.4. The molecule has 14 rings (SSSR count). The van der Waals surface area contributed by atoms with Crippen LogP contribution < -0.4 is 35.4 Å². The number of hydrogen-bond donors (Lipinski definition) is 5. The zero-order chi connectivity index (χ0) is 47.6. The molecule has 1 saturated heterocycles. The van der Waals surface area contributed by atoms with E-state index in [2.05, 4.69) is 33.6 Å². The third kappa shape index (κ3) is 6.04. The van der Waals surface area contributed by atoms with Gasteiger partial charge in [0.2, 0.25) is 5.91 Å². The van der Waals surface area contributed by atoms with Crippen molar-refractivity contribution in [2.75, 3.05) is 36.0 Å². The number of fused-ring (bicyclic) bond motifs is 8. The van der Waals surface area contributed by atoms with Gasteiger partial charge in [0.05, 0.1) is 22.5 Å². The van der Waals surface area contributed by atoms with Crippen molar-refractivity contribution < 1.29 is 48.4 Å². The summed E-state index contributed by atoms with van der Waals surface area (Å²) in [4.78, 5) is 76.9. The Morgan fingerprint density at radius 2 is 1.47 bits per heavy atom. The number of benzene rings is 3.